The summed E-state index contributed by atoms with van der Waals surface area (Å²) in [5, 5.41) is 4.38. The van der Waals surface area contributed by atoms with Crippen LogP contribution in [0.2, 0.25) is 0 Å². The summed E-state index contributed by atoms with van der Waals surface area (Å²) in [6, 6.07) is 12.2. The molecule has 1 saturated heterocycles. The van der Waals surface area contributed by atoms with Crippen molar-refractivity contribution in [2.24, 2.45) is 0 Å². The topological polar surface area (TPSA) is 87.7 Å². The quantitative estimate of drug-likeness (QED) is 0.543. The molecule has 0 saturated carbocycles. The van der Waals surface area contributed by atoms with Gasteiger partial charge in [0.05, 0.1) is 18.8 Å². The summed E-state index contributed by atoms with van der Waals surface area (Å²) in [5.41, 5.74) is 0.587. The average molecular weight is 431 g/mol. The molecule has 1 unspecified atom stereocenters. The van der Waals surface area contributed by atoms with Crippen LogP contribution in [0.4, 0.5) is 14.5 Å². The second-order valence-corrected chi connectivity index (χ2v) is 7.05. The van der Waals surface area contributed by atoms with Crippen LogP contribution >= 0.6 is 0 Å². The molecule has 1 aliphatic heterocycles. The molecule has 0 radical (unpaired) electrons. The zero-order valence-corrected chi connectivity index (χ0v) is 16.8. The average Bonchev–Trinajstić information content (AvgIpc) is 2.79. The Bertz CT molecular complexity index is 940. The van der Waals surface area contributed by atoms with Crippen molar-refractivity contribution in [3.63, 3.8) is 0 Å². The third kappa shape index (κ3) is 6.32. The zero-order valence-electron chi connectivity index (χ0n) is 16.8. The first-order valence-electron chi connectivity index (χ1n) is 9.92. The number of amides is 3. The number of morpholine rings is 1. The number of nitrogens with zero attached hydrogens (tertiary/aromatic N) is 1. The molecule has 3 amide bonds. The van der Waals surface area contributed by atoms with Crippen LogP contribution in [0.5, 0.6) is 0 Å². The summed E-state index contributed by atoms with van der Waals surface area (Å²) in [7, 11) is 0. The summed E-state index contributed by atoms with van der Waals surface area (Å²) in [6.07, 6.45) is 0.354. The first-order chi connectivity index (χ1) is 14.9. The number of halogens is 2. The number of nitrogens with one attached hydrogen (secondary N) is 2. The molecule has 31 heavy (non-hydrogen) atoms. The van der Waals surface area contributed by atoms with E-state index in [1.54, 1.807) is 4.90 Å². The molecule has 0 spiro atoms. The van der Waals surface area contributed by atoms with Crippen LogP contribution in [0, 0.1) is 11.6 Å². The Hall–Kier alpha value is -3.33. The first-order valence-corrected chi connectivity index (χ1v) is 9.92. The van der Waals surface area contributed by atoms with Crippen molar-refractivity contribution in [1.82, 2.24) is 10.2 Å². The van der Waals surface area contributed by atoms with Crippen molar-refractivity contribution in [1.29, 1.82) is 0 Å². The van der Waals surface area contributed by atoms with Crippen molar-refractivity contribution >= 4 is 23.4 Å². The second-order valence-electron chi connectivity index (χ2n) is 7.05. The fraction of sp³-hybridized carbons (Fsp3) is 0.318. The van der Waals surface area contributed by atoms with Crippen LogP contribution in [-0.4, -0.2) is 48.9 Å². The molecule has 0 aliphatic carbocycles. The minimum absolute atomic E-state index is 0.0650. The lowest BCUT2D eigenvalue weighted by molar-refractivity contribution is -0.139. The van der Waals surface area contributed by atoms with Crippen molar-refractivity contribution < 1.29 is 27.9 Å². The molecule has 1 atom stereocenters. The van der Waals surface area contributed by atoms with E-state index in [-0.39, 0.29) is 25.0 Å². The maximum absolute atomic E-state index is 13.5. The Labute approximate surface area is 178 Å². The van der Waals surface area contributed by atoms with Crippen LogP contribution in [0.15, 0.2) is 48.5 Å². The lowest BCUT2D eigenvalue weighted by Gasteiger charge is -2.33. The Morgan fingerprint density at radius 1 is 1.06 bits per heavy atom. The van der Waals surface area contributed by atoms with Crippen LogP contribution < -0.4 is 10.6 Å². The van der Waals surface area contributed by atoms with Gasteiger partial charge in [-0.25, -0.2) is 8.78 Å². The van der Waals surface area contributed by atoms with E-state index in [4.69, 9.17) is 4.74 Å². The van der Waals surface area contributed by atoms with Crippen LogP contribution in [0.1, 0.15) is 24.5 Å². The largest absolute Gasteiger partial charge is 0.370 e. The fourth-order valence-corrected chi connectivity index (χ4v) is 3.20. The summed E-state index contributed by atoms with van der Waals surface area (Å²) >= 11 is 0. The van der Waals surface area contributed by atoms with Gasteiger partial charge in [-0.3, -0.25) is 14.4 Å². The molecule has 1 fully saturated rings. The highest BCUT2D eigenvalue weighted by Gasteiger charge is 2.25. The van der Waals surface area contributed by atoms with E-state index in [1.165, 1.54) is 0 Å². The van der Waals surface area contributed by atoms with Gasteiger partial charge in [0, 0.05) is 25.6 Å². The number of benzene rings is 2. The molecule has 3 rings (SSSR count). The van der Waals surface area contributed by atoms with Gasteiger partial charge in [-0.15, -0.1) is 0 Å². The van der Waals surface area contributed by atoms with Gasteiger partial charge in [0.25, 0.3) is 0 Å². The number of hydrogen-bond acceptors (Lipinski definition) is 4. The van der Waals surface area contributed by atoms with Gasteiger partial charge in [0.1, 0.15) is 17.7 Å². The Morgan fingerprint density at radius 3 is 2.61 bits per heavy atom. The molecule has 9 heteroatoms. The minimum Gasteiger partial charge on any atom is -0.370 e. The Balaban J connectivity index is 1.39. The van der Waals surface area contributed by atoms with Crippen LogP contribution in [0.25, 0.3) is 0 Å². The smallest absolute Gasteiger partial charge is 0.313 e. The van der Waals surface area contributed by atoms with Crippen molar-refractivity contribution in [2.45, 2.75) is 18.9 Å². The molecule has 0 bridgehead atoms. The normalized spacial score (nSPS) is 15.9. The lowest BCUT2D eigenvalue weighted by atomic mass is 10.1. The lowest BCUT2D eigenvalue weighted by Crippen LogP contribution is -2.42. The SMILES string of the molecule is O=C(NCCCC(=O)N1CCOC(c2ccccc2)C1)C(=O)Nc1cc(F)ccc1F. The van der Waals surface area contributed by atoms with Crippen molar-refractivity contribution in [3.8, 4) is 0 Å². The minimum atomic E-state index is -1.12. The highest BCUT2D eigenvalue weighted by molar-refractivity contribution is 6.39. The van der Waals surface area contributed by atoms with Gasteiger partial charge in [-0.2, -0.15) is 0 Å². The van der Waals surface area contributed by atoms with E-state index in [9.17, 15) is 23.2 Å². The summed E-state index contributed by atoms with van der Waals surface area (Å²) in [5.74, 6) is -3.77. The standard InChI is InChI=1S/C22H23F2N3O4/c23-16-8-9-17(24)18(13-16)26-22(30)21(29)25-10-4-7-20(28)27-11-12-31-19(14-27)15-5-2-1-3-6-15/h1-3,5-6,8-9,13,19H,4,7,10-12,14H2,(H,25,29)(H,26,30). The number of ether oxygens (including phenoxy) is 1. The molecule has 0 aromatic heterocycles. The van der Waals surface area contributed by atoms with Crippen LogP contribution in [-0.2, 0) is 19.1 Å². The van der Waals surface area contributed by atoms with Gasteiger partial charge in [-0.05, 0) is 24.1 Å². The first kappa shape index (κ1) is 22.4. The summed E-state index contributed by atoms with van der Waals surface area (Å²) < 4.78 is 32.4. The van der Waals surface area contributed by atoms with Crippen molar-refractivity contribution in [3.05, 3.63) is 65.7 Å². The third-order valence-corrected chi connectivity index (χ3v) is 4.83. The van der Waals surface area contributed by atoms with E-state index in [0.717, 1.165) is 23.8 Å². The van der Waals surface area contributed by atoms with Gasteiger partial charge in [0.2, 0.25) is 5.91 Å². The monoisotopic (exact) mass is 431 g/mol. The molecule has 1 aliphatic rings. The van der Waals surface area contributed by atoms with Crippen molar-refractivity contribution in [2.75, 3.05) is 31.6 Å². The molecule has 7 nitrogen and oxygen atoms in total. The van der Waals surface area contributed by atoms with E-state index >= 15 is 0 Å². The Morgan fingerprint density at radius 2 is 1.84 bits per heavy atom. The maximum atomic E-state index is 13.5. The van der Waals surface area contributed by atoms with Crippen LogP contribution in [0.3, 0.4) is 0 Å². The van der Waals surface area contributed by atoms with E-state index < -0.39 is 29.1 Å². The summed E-state index contributed by atoms with van der Waals surface area (Å²) in [6.45, 7) is 1.49. The molecular weight excluding hydrogens is 408 g/mol. The highest BCUT2D eigenvalue weighted by Crippen LogP contribution is 2.22. The zero-order chi connectivity index (χ0) is 22.2. The molecule has 1 heterocycles. The Kier molecular flexibility index (Phi) is 7.66. The van der Waals surface area contributed by atoms with Gasteiger partial charge in [0.15, 0.2) is 0 Å². The van der Waals surface area contributed by atoms with Gasteiger partial charge in [-0.1, -0.05) is 30.3 Å². The predicted octanol–water partition coefficient (Wildman–Crippen LogP) is 2.40. The molecule has 164 valence electrons. The number of carbonyl (C=O) groups is 3. The number of hydrogen-bond donors (Lipinski definition) is 2. The maximum Gasteiger partial charge on any atom is 0.313 e. The molecular formula is C22H23F2N3O4. The number of carbonyl (C=O) groups excluding carboxylic acids is 3. The number of anilines is 1. The molecule has 2 N–H and O–H groups in total. The highest BCUT2D eigenvalue weighted by atomic mass is 19.1. The van der Waals surface area contributed by atoms with Gasteiger partial charge >= 0.3 is 11.8 Å². The summed E-state index contributed by atoms with van der Waals surface area (Å²) in [4.78, 5) is 37.8. The third-order valence-electron chi connectivity index (χ3n) is 4.83. The second kappa shape index (κ2) is 10.6. The molecule has 2 aromatic rings. The van der Waals surface area contributed by atoms with E-state index in [1.807, 2.05) is 35.6 Å². The number of rotatable bonds is 6. The predicted molar refractivity (Wildman–Crippen MR) is 109 cm³/mol. The van der Waals surface area contributed by atoms with Gasteiger partial charge < -0.3 is 20.3 Å². The molecule has 2 aromatic carbocycles. The van der Waals surface area contributed by atoms with E-state index in [0.29, 0.717) is 26.1 Å². The fourth-order valence-electron chi connectivity index (χ4n) is 3.20. The van der Waals surface area contributed by atoms with E-state index in [2.05, 4.69) is 5.32 Å².